The van der Waals surface area contributed by atoms with Crippen molar-refractivity contribution in [3.8, 4) is 0 Å². The largest absolute Gasteiger partial charge is 0.342 e. The summed E-state index contributed by atoms with van der Waals surface area (Å²) in [5.41, 5.74) is 6.22. The van der Waals surface area contributed by atoms with Crippen molar-refractivity contribution < 1.29 is 4.79 Å². The zero-order valence-electron chi connectivity index (χ0n) is 12.8. The van der Waals surface area contributed by atoms with Gasteiger partial charge in [0.1, 0.15) is 0 Å². The summed E-state index contributed by atoms with van der Waals surface area (Å²) >= 11 is 0. The molecule has 1 aliphatic carbocycles. The third-order valence-electron chi connectivity index (χ3n) is 4.58. The van der Waals surface area contributed by atoms with E-state index in [0.717, 1.165) is 12.8 Å². The van der Waals surface area contributed by atoms with Gasteiger partial charge in [0.25, 0.3) is 0 Å². The Morgan fingerprint density at radius 3 is 2.22 bits per heavy atom. The number of amides is 1. The van der Waals surface area contributed by atoms with Crippen LogP contribution in [-0.4, -0.2) is 29.4 Å². The van der Waals surface area contributed by atoms with E-state index in [4.69, 9.17) is 5.73 Å². The predicted octanol–water partition coefficient (Wildman–Crippen LogP) is 2.93. The highest BCUT2D eigenvalue weighted by Crippen LogP contribution is 2.30. The van der Waals surface area contributed by atoms with Gasteiger partial charge in [0, 0.05) is 25.0 Å². The van der Waals surface area contributed by atoms with Crippen molar-refractivity contribution in [3.63, 3.8) is 0 Å². The molecule has 1 fully saturated rings. The number of rotatable bonds is 3. The maximum atomic E-state index is 12.4. The van der Waals surface area contributed by atoms with E-state index in [1.54, 1.807) is 0 Å². The highest BCUT2D eigenvalue weighted by Gasteiger charge is 2.34. The molecular weight excluding hydrogens is 224 g/mol. The quantitative estimate of drug-likeness (QED) is 0.841. The Kier molecular flexibility index (Phi) is 4.82. The molecule has 0 spiro atoms. The van der Waals surface area contributed by atoms with E-state index in [1.165, 1.54) is 19.3 Å². The van der Waals surface area contributed by atoms with Crippen LogP contribution in [0.5, 0.6) is 0 Å². The molecule has 0 aromatic heterocycles. The predicted molar refractivity (Wildman–Crippen MR) is 76.3 cm³/mol. The molecule has 1 unspecified atom stereocenters. The second-order valence-electron chi connectivity index (χ2n) is 7.15. The number of nitrogens with two attached hydrogens (primary N) is 1. The van der Waals surface area contributed by atoms with Crippen LogP contribution in [0, 0.1) is 5.41 Å². The summed E-state index contributed by atoms with van der Waals surface area (Å²) in [4.78, 5) is 14.2. The molecule has 1 amide bonds. The first-order valence-corrected chi connectivity index (χ1v) is 7.20. The summed E-state index contributed by atoms with van der Waals surface area (Å²) in [7, 11) is 1.91. The van der Waals surface area contributed by atoms with Crippen molar-refractivity contribution in [2.75, 3.05) is 7.05 Å². The highest BCUT2D eigenvalue weighted by molar-refractivity contribution is 5.77. The van der Waals surface area contributed by atoms with E-state index in [9.17, 15) is 4.79 Å². The Morgan fingerprint density at radius 1 is 1.28 bits per heavy atom. The van der Waals surface area contributed by atoms with Crippen LogP contribution >= 0.6 is 0 Å². The van der Waals surface area contributed by atoms with Gasteiger partial charge in [-0.05, 0) is 25.2 Å². The number of nitrogens with zero attached hydrogens (tertiary/aromatic N) is 1. The van der Waals surface area contributed by atoms with Gasteiger partial charge in [-0.2, -0.15) is 0 Å². The first kappa shape index (κ1) is 15.5. The van der Waals surface area contributed by atoms with Crippen molar-refractivity contribution in [1.29, 1.82) is 0 Å². The molecule has 1 aliphatic rings. The van der Waals surface area contributed by atoms with Crippen LogP contribution in [0.1, 0.15) is 66.2 Å². The lowest BCUT2D eigenvalue weighted by Gasteiger charge is -2.39. The Morgan fingerprint density at radius 2 is 1.78 bits per heavy atom. The fourth-order valence-corrected chi connectivity index (χ4v) is 2.66. The maximum absolute atomic E-state index is 12.4. The SMILES string of the molecule is CC(N(C)C(=O)CC1(N)CCCCC1)C(C)(C)C. The molecular formula is C15H30N2O. The molecule has 3 nitrogen and oxygen atoms in total. The Hall–Kier alpha value is -0.570. The van der Waals surface area contributed by atoms with Gasteiger partial charge in [-0.3, -0.25) is 4.79 Å². The average Bonchev–Trinajstić information content (AvgIpc) is 2.26. The lowest BCUT2D eigenvalue weighted by atomic mass is 9.79. The third kappa shape index (κ3) is 3.98. The van der Waals surface area contributed by atoms with Crippen LogP contribution in [0.4, 0.5) is 0 Å². The van der Waals surface area contributed by atoms with E-state index in [1.807, 2.05) is 11.9 Å². The van der Waals surface area contributed by atoms with Crippen LogP contribution < -0.4 is 5.73 Å². The molecule has 0 heterocycles. The monoisotopic (exact) mass is 254 g/mol. The van der Waals surface area contributed by atoms with Crippen molar-refractivity contribution >= 4 is 5.91 Å². The topological polar surface area (TPSA) is 46.3 Å². The average molecular weight is 254 g/mol. The molecule has 1 saturated carbocycles. The Balaban J connectivity index is 2.59. The molecule has 2 N–H and O–H groups in total. The first-order valence-electron chi connectivity index (χ1n) is 7.20. The molecule has 0 aromatic carbocycles. The van der Waals surface area contributed by atoms with Gasteiger partial charge in [-0.15, -0.1) is 0 Å². The maximum Gasteiger partial charge on any atom is 0.224 e. The summed E-state index contributed by atoms with van der Waals surface area (Å²) in [6.07, 6.45) is 6.10. The second-order valence-corrected chi connectivity index (χ2v) is 7.15. The molecule has 1 rings (SSSR count). The lowest BCUT2D eigenvalue weighted by molar-refractivity contribution is -0.135. The molecule has 0 aliphatic heterocycles. The van der Waals surface area contributed by atoms with Gasteiger partial charge in [-0.1, -0.05) is 40.0 Å². The standard InChI is InChI=1S/C15H30N2O/c1-12(14(2,3)4)17(5)13(18)11-15(16)9-7-6-8-10-15/h12H,6-11,16H2,1-5H3. The summed E-state index contributed by atoms with van der Waals surface area (Å²) in [5.74, 6) is 0.196. The van der Waals surface area contributed by atoms with E-state index in [-0.39, 0.29) is 22.9 Å². The fraction of sp³-hybridized carbons (Fsp3) is 0.933. The summed E-state index contributed by atoms with van der Waals surface area (Å²) in [5, 5.41) is 0. The van der Waals surface area contributed by atoms with Crippen molar-refractivity contribution in [2.24, 2.45) is 11.1 Å². The Labute approximate surface area is 112 Å². The van der Waals surface area contributed by atoms with Crippen molar-refractivity contribution in [1.82, 2.24) is 4.90 Å². The van der Waals surface area contributed by atoms with E-state index in [0.29, 0.717) is 6.42 Å². The van der Waals surface area contributed by atoms with Crippen LogP contribution in [0.2, 0.25) is 0 Å². The minimum atomic E-state index is -0.249. The van der Waals surface area contributed by atoms with Crippen LogP contribution in [0.25, 0.3) is 0 Å². The first-order chi connectivity index (χ1) is 8.16. The molecule has 106 valence electrons. The highest BCUT2D eigenvalue weighted by atomic mass is 16.2. The fourth-order valence-electron chi connectivity index (χ4n) is 2.66. The van der Waals surface area contributed by atoms with Crippen LogP contribution in [-0.2, 0) is 4.79 Å². The summed E-state index contributed by atoms with van der Waals surface area (Å²) in [6, 6.07) is 0.234. The van der Waals surface area contributed by atoms with Crippen molar-refractivity contribution in [3.05, 3.63) is 0 Å². The number of hydrogen-bond acceptors (Lipinski definition) is 2. The normalized spacial score (nSPS) is 21.4. The number of carbonyl (C=O) groups is 1. The molecule has 0 saturated heterocycles. The van der Waals surface area contributed by atoms with Gasteiger partial charge in [0.05, 0.1) is 0 Å². The number of carbonyl (C=O) groups excluding carboxylic acids is 1. The third-order valence-corrected chi connectivity index (χ3v) is 4.58. The van der Waals surface area contributed by atoms with E-state index >= 15 is 0 Å². The smallest absolute Gasteiger partial charge is 0.224 e. The van der Waals surface area contributed by atoms with Gasteiger partial charge in [-0.25, -0.2) is 0 Å². The molecule has 0 radical (unpaired) electrons. The van der Waals surface area contributed by atoms with Gasteiger partial charge < -0.3 is 10.6 Å². The number of hydrogen-bond donors (Lipinski definition) is 1. The second kappa shape index (κ2) is 5.60. The zero-order chi connectivity index (χ0) is 14.0. The minimum absolute atomic E-state index is 0.110. The van der Waals surface area contributed by atoms with Crippen LogP contribution in [0.3, 0.4) is 0 Å². The van der Waals surface area contributed by atoms with Gasteiger partial charge in [0.2, 0.25) is 5.91 Å². The molecule has 1 atom stereocenters. The lowest BCUT2D eigenvalue weighted by Crippen LogP contribution is -2.49. The molecule has 3 heteroatoms. The Bertz CT molecular complexity index is 287. The minimum Gasteiger partial charge on any atom is -0.342 e. The zero-order valence-corrected chi connectivity index (χ0v) is 12.8. The van der Waals surface area contributed by atoms with Crippen LogP contribution in [0.15, 0.2) is 0 Å². The van der Waals surface area contributed by atoms with E-state index in [2.05, 4.69) is 27.7 Å². The molecule has 18 heavy (non-hydrogen) atoms. The summed E-state index contributed by atoms with van der Waals surface area (Å²) < 4.78 is 0. The van der Waals surface area contributed by atoms with Gasteiger partial charge >= 0.3 is 0 Å². The molecule has 0 bridgehead atoms. The summed E-state index contributed by atoms with van der Waals surface area (Å²) in [6.45, 7) is 8.61. The van der Waals surface area contributed by atoms with Gasteiger partial charge in [0.15, 0.2) is 0 Å². The molecule has 0 aromatic rings. The van der Waals surface area contributed by atoms with E-state index < -0.39 is 0 Å². The van der Waals surface area contributed by atoms with Crippen molar-refractivity contribution in [2.45, 2.75) is 77.8 Å².